The van der Waals surface area contributed by atoms with Crippen LogP contribution in [0.5, 0.6) is 0 Å². The Morgan fingerprint density at radius 1 is 0.629 bits per heavy atom. The van der Waals surface area contributed by atoms with Gasteiger partial charge in [-0.3, -0.25) is 0 Å². The molecule has 4 aromatic carbocycles. The first-order chi connectivity index (χ1) is 16.8. The van der Waals surface area contributed by atoms with Crippen LogP contribution in [0, 0.1) is 5.82 Å². The first-order valence-corrected chi connectivity index (χ1v) is 12.3. The lowest BCUT2D eigenvalue weighted by Gasteiger charge is -2.10. The fourth-order valence-electron chi connectivity index (χ4n) is 4.47. The van der Waals surface area contributed by atoms with E-state index in [1.165, 1.54) is 43.4 Å². The van der Waals surface area contributed by atoms with Crippen LogP contribution in [0.2, 0.25) is 0 Å². The molecule has 0 radical (unpaired) electrons. The Morgan fingerprint density at radius 2 is 1.29 bits per heavy atom. The molecule has 0 saturated carbocycles. The molecular formula is C31H30F4. The molecule has 0 aliphatic heterocycles. The standard InChI is InChI=1S/C31H30F4/c1-2-3-4-5-6-22-7-12-24(13-8-22)26-17-20-29-27(21-26)16-15-25(30(29)32)14-9-23-10-18-28(19-11-23)31(33,34)35/h7-8,10-13,15-21H,2-6,9,14H2,1H3. The zero-order valence-corrected chi connectivity index (χ0v) is 20.0. The molecule has 0 heterocycles. The van der Waals surface area contributed by atoms with Crippen molar-refractivity contribution in [3.63, 3.8) is 0 Å². The zero-order chi connectivity index (χ0) is 24.8. The van der Waals surface area contributed by atoms with E-state index >= 15 is 4.39 Å². The van der Waals surface area contributed by atoms with Crippen molar-refractivity contribution in [2.75, 3.05) is 0 Å². The average molecular weight is 479 g/mol. The van der Waals surface area contributed by atoms with Gasteiger partial charge in [0, 0.05) is 5.39 Å². The largest absolute Gasteiger partial charge is 0.416 e. The predicted octanol–water partition coefficient (Wildman–Crippen LogP) is 9.57. The van der Waals surface area contributed by atoms with Gasteiger partial charge in [-0.2, -0.15) is 13.2 Å². The highest BCUT2D eigenvalue weighted by Gasteiger charge is 2.29. The van der Waals surface area contributed by atoms with Crippen molar-refractivity contribution in [3.05, 3.63) is 107 Å². The van der Waals surface area contributed by atoms with Gasteiger partial charge in [-0.05, 0) is 77.1 Å². The number of alkyl halides is 3. The maximum Gasteiger partial charge on any atom is 0.416 e. The highest BCUT2D eigenvalue weighted by atomic mass is 19.4. The monoisotopic (exact) mass is 478 g/mol. The summed E-state index contributed by atoms with van der Waals surface area (Å²) in [6.07, 6.45) is 2.64. The van der Waals surface area contributed by atoms with Gasteiger partial charge in [0.25, 0.3) is 0 Å². The molecule has 0 aliphatic rings. The fourth-order valence-corrected chi connectivity index (χ4v) is 4.47. The minimum absolute atomic E-state index is 0.261. The minimum Gasteiger partial charge on any atom is -0.206 e. The molecule has 35 heavy (non-hydrogen) atoms. The second-order valence-corrected chi connectivity index (χ2v) is 9.18. The van der Waals surface area contributed by atoms with Gasteiger partial charge in [0.15, 0.2) is 0 Å². The Labute approximate surface area is 204 Å². The second-order valence-electron chi connectivity index (χ2n) is 9.18. The summed E-state index contributed by atoms with van der Waals surface area (Å²) in [6.45, 7) is 2.22. The van der Waals surface area contributed by atoms with Gasteiger partial charge < -0.3 is 0 Å². The number of hydrogen-bond donors (Lipinski definition) is 0. The Hall–Kier alpha value is -3.14. The molecule has 0 bridgehead atoms. The number of fused-ring (bicyclic) bond motifs is 1. The van der Waals surface area contributed by atoms with E-state index in [-0.39, 0.29) is 5.82 Å². The topological polar surface area (TPSA) is 0 Å². The Morgan fingerprint density at radius 3 is 1.97 bits per heavy atom. The molecule has 0 spiro atoms. The van der Waals surface area contributed by atoms with Crippen LogP contribution in [0.15, 0.2) is 78.9 Å². The molecule has 0 unspecified atom stereocenters. The summed E-state index contributed by atoms with van der Waals surface area (Å²) in [5, 5.41) is 1.40. The van der Waals surface area contributed by atoms with Crippen molar-refractivity contribution in [1.29, 1.82) is 0 Å². The van der Waals surface area contributed by atoms with Crippen molar-refractivity contribution in [1.82, 2.24) is 0 Å². The van der Waals surface area contributed by atoms with Gasteiger partial charge in [0.1, 0.15) is 5.82 Å². The van der Waals surface area contributed by atoms with Crippen LogP contribution in [0.4, 0.5) is 17.6 Å². The summed E-state index contributed by atoms with van der Waals surface area (Å²) < 4.78 is 53.4. The Balaban J connectivity index is 1.44. The first kappa shape index (κ1) is 25.0. The molecule has 4 aromatic rings. The summed E-state index contributed by atoms with van der Waals surface area (Å²) in [7, 11) is 0. The van der Waals surface area contributed by atoms with E-state index in [1.54, 1.807) is 6.07 Å². The average Bonchev–Trinajstić information content (AvgIpc) is 2.86. The van der Waals surface area contributed by atoms with E-state index in [9.17, 15) is 13.2 Å². The van der Waals surface area contributed by atoms with Crippen LogP contribution in [-0.2, 0) is 25.4 Å². The van der Waals surface area contributed by atoms with E-state index in [2.05, 4.69) is 31.2 Å². The number of unbranched alkanes of at least 4 members (excludes halogenated alkanes) is 3. The molecule has 0 atom stereocenters. The third kappa shape index (κ3) is 6.30. The van der Waals surface area contributed by atoms with E-state index < -0.39 is 11.7 Å². The molecule has 0 fully saturated rings. The summed E-state index contributed by atoms with van der Waals surface area (Å²) in [5.74, 6) is -0.261. The molecule has 0 amide bonds. The number of aryl methyl sites for hydroxylation is 3. The lowest BCUT2D eigenvalue weighted by atomic mass is 9.96. The molecule has 0 saturated heterocycles. The van der Waals surface area contributed by atoms with Crippen LogP contribution < -0.4 is 0 Å². The highest BCUT2D eigenvalue weighted by molar-refractivity contribution is 5.88. The third-order valence-electron chi connectivity index (χ3n) is 6.60. The SMILES string of the molecule is CCCCCCc1ccc(-c2ccc3c(F)c(CCc4ccc(C(F)(F)F)cc4)ccc3c2)cc1. The van der Waals surface area contributed by atoms with Gasteiger partial charge in [0.2, 0.25) is 0 Å². The van der Waals surface area contributed by atoms with Crippen molar-refractivity contribution in [2.24, 2.45) is 0 Å². The first-order valence-electron chi connectivity index (χ1n) is 12.3. The molecule has 0 aromatic heterocycles. The second kappa shape index (κ2) is 11.1. The highest BCUT2D eigenvalue weighted by Crippen LogP contribution is 2.30. The Bertz CT molecular complexity index is 1250. The molecule has 0 aliphatic carbocycles. The van der Waals surface area contributed by atoms with E-state index in [1.807, 2.05) is 24.3 Å². The van der Waals surface area contributed by atoms with Gasteiger partial charge in [-0.1, -0.05) is 86.8 Å². The molecule has 182 valence electrons. The lowest BCUT2D eigenvalue weighted by molar-refractivity contribution is -0.137. The summed E-state index contributed by atoms with van der Waals surface area (Å²) in [6, 6.07) is 23.2. The van der Waals surface area contributed by atoms with Gasteiger partial charge in [-0.15, -0.1) is 0 Å². The van der Waals surface area contributed by atoms with Crippen LogP contribution in [0.25, 0.3) is 21.9 Å². The summed E-state index contributed by atoms with van der Waals surface area (Å²) >= 11 is 0. The number of halogens is 4. The van der Waals surface area contributed by atoms with Crippen LogP contribution >= 0.6 is 0 Å². The van der Waals surface area contributed by atoms with E-state index in [0.717, 1.165) is 40.6 Å². The van der Waals surface area contributed by atoms with E-state index in [0.29, 0.717) is 23.8 Å². The minimum atomic E-state index is -4.35. The van der Waals surface area contributed by atoms with Crippen molar-refractivity contribution in [2.45, 2.75) is 58.0 Å². The van der Waals surface area contributed by atoms with Crippen molar-refractivity contribution in [3.8, 4) is 11.1 Å². The number of hydrogen-bond acceptors (Lipinski definition) is 0. The molecule has 0 N–H and O–H groups in total. The van der Waals surface area contributed by atoms with Crippen LogP contribution in [0.1, 0.15) is 54.9 Å². The van der Waals surface area contributed by atoms with Gasteiger partial charge >= 0.3 is 6.18 Å². The number of benzene rings is 4. The summed E-state index contributed by atoms with van der Waals surface area (Å²) in [5.41, 5.74) is 4.15. The maximum absolute atomic E-state index is 15.2. The molecular weight excluding hydrogens is 448 g/mol. The fraction of sp³-hybridized carbons (Fsp3) is 0.290. The van der Waals surface area contributed by atoms with Gasteiger partial charge in [-0.25, -0.2) is 4.39 Å². The third-order valence-corrected chi connectivity index (χ3v) is 6.60. The van der Waals surface area contributed by atoms with Crippen LogP contribution in [0.3, 0.4) is 0 Å². The molecule has 0 nitrogen and oxygen atoms in total. The lowest BCUT2D eigenvalue weighted by Crippen LogP contribution is -2.04. The zero-order valence-electron chi connectivity index (χ0n) is 20.0. The van der Waals surface area contributed by atoms with Crippen molar-refractivity contribution < 1.29 is 17.6 Å². The molecule has 4 heteroatoms. The predicted molar refractivity (Wildman–Crippen MR) is 136 cm³/mol. The van der Waals surface area contributed by atoms with Gasteiger partial charge in [0.05, 0.1) is 5.56 Å². The maximum atomic E-state index is 15.2. The number of rotatable bonds is 9. The van der Waals surface area contributed by atoms with Crippen LogP contribution in [-0.4, -0.2) is 0 Å². The Kier molecular flexibility index (Phi) is 7.90. The normalized spacial score (nSPS) is 11.8. The quantitative estimate of drug-likeness (QED) is 0.166. The summed E-state index contributed by atoms with van der Waals surface area (Å²) in [4.78, 5) is 0. The van der Waals surface area contributed by atoms with E-state index in [4.69, 9.17) is 0 Å². The molecule has 4 rings (SSSR count). The smallest absolute Gasteiger partial charge is 0.206 e. The van der Waals surface area contributed by atoms with Crippen molar-refractivity contribution >= 4 is 10.8 Å².